The van der Waals surface area contributed by atoms with E-state index in [4.69, 9.17) is 0 Å². The monoisotopic (exact) mass is 233 g/mol. The molecule has 0 spiro atoms. The van der Waals surface area contributed by atoms with Gasteiger partial charge < -0.3 is 5.32 Å². The molecule has 17 heavy (non-hydrogen) atoms. The van der Waals surface area contributed by atoms with Gasteiger partial charge in [-0.3, -0.25) is 15.0 Å². The van der Waals surface area contributed by atoms with Crippen LogP contribution in [-0.4, -0.2) is 18.9 Å². The highest BCUT2D eigenvalue weighted by Gasteiger charge is 2.17. The van der Waals surface area contributed by atoms with Crippen molar-refractivity contribution in [2.75, 3.05) is 12.4 Å². The molecule has 0 unspecified atom stereocenters. The van der Waals surface area contributed by atoms with E-state index in [0.29, 0.717) is 19.3 Å². The van der Waals surface area contributed by atoms with Crippen LogP contribution in [0.5, 0.6) is 0 Å². The van der Waals surface area contributed by atoms with Crippen molar-refractivity contribution in [2.45, 2.75) is 19.3 Å². The minimum atomic E-state index is -0.0396. The van der Waals surface area contributed by atoms with Crippen molar-refractivity contribution in [2.24, 2.45) is 0 Å². The second-order valence-electron chi connectivity index (χ2n) is 4.01. The molecule has 0 radical (unpaired) electrons. The molecule has 1 aliphatic heterocycles. The molecule has 0 saturated heterocycles. The summed E-state index contributed by atoms with van der Waals surface area (Å²) >= 11 is 0. The molecule has 0 fully saturated rings. The van der Waals surface area contributed by atoms with E-state index in [1.165, 1.54) is 0 Å². The SMILES string of the molecule is CNNC(=O)CCc1ccc2c(c1)CC(=O)N2. The molecule has 2 amide bonds. The molecule has 1 aliphatic rings. The summed E-state index contributed by atoms with van der Waals surface area (Å²) in [5.74, 6) is -0.00715. The van der Waals surface area contributed by atoms with Crippen LogP contribution >= 0.6 is 0 Å². The molecular weight excluding hydrogens is 218 g/mol. The zero-order valence-corrected chi connectivity index (χ0v) is 9.67. The van der Waals surface area contributed by atoms with Crippen molar-refractivity contribution in [3.63, 3.8) is 0 Å². The van der Waals surface area contributed by atoms with Crippen molar-refractivity contribution in [1.82, 2.24) is 10.9 Å². The van der Waals surface area contributed by atoms with E-state index in [2.05, 4.69) is 16.2 Å². The first-order chi connectivity index (χ1) is 8.19. The van der Waals surface area contributed by atoms with Crippen molar-refractivity contribution in [3.8, 4) is 0 Å². The Morgan fingerprint density at radius 1 is 1.47 bits per heavy atom. The fourth-order valence-corrected chi connectivity index (χ4v) is 1.90. The summed E-state index contributed by atoms with van der Waals surface area (Å²) in [4.78, 5) is 22.4. The molecular formula is C12H15N3O2. The quantitative estimate of drug-likeness (QED) is 0.658. The maximum absolute atomic E-state index is 11.3. The van der Waals surface area contributed by atoms with E-state index < -0.39 is 0 Å². The molecule has 90 valence electrons. The lowest BCUT2D eigenvalue weighted by Gasteiger charge is -2.05. The Hall–Kier alpha value is -1.88. The average molecular weight is 233 g/mol. The molecule has 1 heterocycles. The van der Waals surface area contributed by atoms with E-state index in [9.17, 15) is 9.59 Å². The molecule has 0 saturated carbocycles. The van der Waals surface area contributed by atoms with Crippen LogP contribution < -0.4 is 16.2 Å². The van der Waals surface area contributed by atoms with Gasteiger partial charge in [0.05, 0.1) is 6.42 Å². The van der Waals surface area contributed by atoms with Gasteiger partial charge in [-0.05, 0) is 23.6 Å². The normalized spacial score (nSPS) is 13.1. The number of anilines is 1. The third-order valence-corrected chi connectivity index (χ3v) is 2.70. The third kappa shape index (κ3) is 2.82. The van der Waals surface area contributed by atoms with E-state index in [1.807, 2.05) is 18.2 Å². The Morgan fingerprint density at radius 2 is 2.29 bits per heavy atom. The highest BCUT2D eigenvalue weighted by molar-refractivity contribution is 5.99. The Bertz CT molecular complexity index is 457. The van der Waals surface area contributed by atoms with Crippen LogP contribution in [0.15, 0.2) is 18.2 Å². The highest BCUT2D eigenvalue weighted by Crippen LogP contribution is 2.24. The number of hydrogen-bond donors (Lipinski definition) is 3. The predicted molar refractivity (Wildman–Crippen MR) is 64.3 cm³/mol. The standard InChI is InChI=1S/C12H15N3O2/c1-13-15-11(16)5-3-8-2-4-10-9(6-8)7-12(17)14-10/h2,4,6,13H,3,5,7H2,1H3,(H,14,17)(H,15,16). The van der Waals surface area contributed by atoms with Gasteiger partial charge in [-0.15, -0.1) is 0 Å². The summed E-state index contributed by atoms with van der Waals surface area (Å²) in [6.45, 7) is 0. The van der Waals surface area contributed by atoms with Crippen molar-refractivity contribution in [3.05, 3.63) is 29.3 Å². The summed E-state index contributed by atoms with van der Waals surface area (Å²) in [5, 5.41) is 2.78. The van der Waals surface area contributed by atoms with Gasteiger partial charge in [-0.25, -0.2) is 5.43 Å². The van der Waals surface area contributed by atoms with E-state index >= 15 is 0 Å². The number of hydrogen-bond acceptors (Lipinski definition) is 3. The average Bonchev–Trinajstić information content (AvgIpc) is 2.66. The molecule has 0 atom stereocenters. The molecule has 2 rings (SSSR count). The molecule has 0 bridgehead atoms. The van der Waals surface area contributed by atoms with E-state index in [1.54, 1.807) is 7.05 Å². The number of fused-ring (bicyclic) bond motifs is 1. The van der Waals surface area contributed by atoms with E-state index in [-0.39, 0.29) is 11.8 Å². The second kappa shape index (κ2) is 4.97. The fraction of sp³-hybridized carbons (Fsp3) is 0.333. The highest BCUT2D eigenvalue weighted by atomic mass is 16.2. The van der Waals surface area contributed by atoms with Gasteiger partial charge in [0.25, 0.3) is 0 Å². The van der Waals surface area contributed by atoms with Gasteiger partial charge >= 0.3 is 0 Å². The van der Waals surface area contributed by atoms with E-state index in [0.717, 1.165) is 16.8 Å². The molecule has 5 nitrogen and oxygen atoms in total. The number of nitrogens with one attached hydrogen (secondary N) is 3. The smallest absolute Gasteiger partial charge is 0.234 e. The predicted octanol–water partition coefficient (Wildman–Crippen LogP) is 0.364. The first kappa shape index (κ1) is 11.6. The van der Waals surface area contributed by atoms with Gasteiger partial charge in [-0.1, -0.05) is 12.1 Å². The lowest BCUT2D eigenvalue weighted by atomic mass is 10.0. The maximum Gasteiger partial charge on any atom is 0.234 e. The summed E-state index contributed by atoms with van der Waals surface area (Å²) in [7, 11) is 1.66. The number of carbonyl (C=O) groups excluding carboxylic acids is 2. The molecule has 5 heteroatoms. The molecule has 0 aliphatic carbocycles. The van der Waals surface area contributed by atoms with Gasteiger partial charge in [-0.2, -0.15) is 0 Å². The lowest BCUT2D eigenvalue weighted by Crippen LogP contribution is -2.34. The second-order valence-corrected chi connectivity index (χ2v) is 4.01. The number of amides is 2. The Labute approximate surface area is 99.6 Å². The summed E-state index contributed by atoms with van der Waals surface area (Å²) < 4.78 is 0. The van der Waals surface area contributed by atoms with Crippen LogP contribution in [0.1, 0.15) is 17.5 Å². The minimum Gasteiger partial charge on any atom is -0.326 e. The molecule has 1 aromatic carbocycles. The largest absolute Gasteiger partial charge is 0.326 e. The van der Waals surface area contributed by atoms with Gasteiger partial charge in [0.1, 0.15) is 0 Å². The van der Waals surface area contributed by atoms with Crippen LogP contribution in [0.4, 0.5) is 5.69 Å². The number of aryl methyl sites for hydroxylation is 1. The van der Waals surface area contributed by atoms with Gasteiger partial charge in [0.2, 0.25) is 11.8 Å². The van der Waals surface area contributed by atoms with Crippen LogP contribution in [-0.2, 0) is 22.4 Å². The molecule has 1 aromatic rings. The zero-order chi connectivity index (χ0) is 12.3. The fourth-order valence-electron chi connectivity index (χ4n) is 1.90. The summed E-state index contributed by atoms with van der Waals surface area (Å²) in [6, 6.07) is 5.82. The lowest BCUT2D eigenvalue weighted by molar-refractivity contribution is -0.122. The number of carbonyl (C=O) groups is 2. The first-order valence-electron chi connectivity index (χ1n) is 5.56. The van der Waals surface area contributed by atoms with Crippen LogP contribution in [0.25, 0.3) is 0 Å². The number of benzene rings is 1. The number of hydrazine groups is 1. The van der Waals surface area contributed by atoms with Crippen molar-refractivity contribution in [1.29, 1.82) is 0 Å². The van der Waals surface area contributed by atoms with Crippen molar-refractivity contribution >= 4 is 17.5 Å². The number of rotatable bonds is 4. The Kier molecular flexibility index (Phi) is 3.39. The summed E-state index contributed by atoms with van der Waals surface area (Å²) in [6.07, 6.45) is 1.54. The minimum absolute atomic E-state index is 0.0325. The molecule has 3 N–H and O–H groups in total. The Morgan fingerprint density at radius 3 is 3.06 bits per heavy atom. The van der Waals surface area contributed by atoms with Crippen molar-refractivity contribution < 1.29 is 9.59 Å². The topological polar surface area (TPSA) is 70.2 Å². The van der Waals surface area contributed by atoms with Crippen LogP contribution in [0, 0.1) is 0 Å². The van der Waals surface area contributed by atoms with Crippen LogP contribution in [0.3, 0.4) is 0 Å². The van der Waals surface area contributed by atoms with Crippen LogP contribution in [0.2, 0.25) is 0 Å². The molecule has 0 aromatic heterocycles. The summed E-state index contributed by atoms with van der Waals surface area (Å²) in [5.41, 5.74) is 8.09. The maximum atomic E-state index is 11.3. The van der Waals surface area contributed by atoms with Gasteiger partial charge in [0.15, 0.2) is 0 Å². The first-order valence-corrected chi connectivity index (χ1v) is 5.56. The Balaban J connectivity index is 1.97. The third-order valence-electron chi connectivity index (χ3n) is 2.70. The van der Waals surface area contributed by atoms with Gasteiger partial charge in [0, 0.05) is 19.2 Å². The zero-order valence-electron chi connectivity index (χ0n) is 9.67.